The maximum atomic E-state index is 11.2. The first-order chi connectivity index (χ1) is 6.63. The molecule has 1 saturated heterocycles. The number of nitrogens with one attached hydrogen (secondary N) is 1. The van der Waals surface area contributed by atoms with E-state index in [0.29, 0.717) is 12.6 Å². The number of rotatable bonds is 3. The second-order valence-corrected chi connectivity index (χ2v) is 3.74. The minimum Gasteiger partial charge on any atom is -0.373 e. The van der Waals surface area contributed by atoms with Gasteiger partial charge < -0.3 is 10.1 Å². The molecule has 0 aromatic heterocycles. The summed E-state index contributed by atoms with van der Waals surface area (Å²) in [4.78, 5) is 11.2. The molecule has 1 N–H and O–H groups in total. The molecule has 0 aromatic rings. The van der Waals surface area contributed by atoms with Crippen molar-refractivity contribution in [3.63, 3.8) is 0 Å². The lowest BCUT2D eigenvalue weighted by molar-refractivity contribution is -0.123. The van der Waals surface area contributed by atoms with Gasteiger partial charge in [0.1, 0.15) is 5.92 Å². The van der Waals surface area contributed by atoms with Crippen molar-refractivity contribution in [2.75, 3.05) is 6.54 Å². The summed E-state index contributed by atoms with van der Waals surface area (Å²) in [5.74, 6) is -0.788. The number of carbonyl (C=O) groups excluding carboxylic acids is 1. The molecule has 1 rings (SSSR count). The third-order valence-electron chi connectivity index (χ3n) is 2.41. The summed E-state index contributed by atoms with van der Waals surface area (Å²) in [5, 5.41) is 11.2. The Morgan fingerprint density at radius 3 is 2.93 bits per heavy atom. The van der Waals surface area contributed by atoms with E-state index in [9.17, 15) is 4.79 Å². The van der Waals surface area contributed by atoms with Crippen LogP contribution in [-0.2, 0) is 9.53 Å². The molecule has 3 atom stereocenters. The Morgan fingerprint density at radius 1 is 1.71 bits per heavy atom. The number of nitrogens with zero attached hydrogens (tertiary/aromatic N) is 1. The van der Waals surface area contributed by atoms with Crippen LogP contribution in [0.2, 0.25) is 0 Å². The highest BCUT2D eigenvalue weighted by Gasteiger charge is 2.22. The molecular formula is C10H16N2O2. The zero-order chi connectivity index (χ0) is 10.6. The Bertz CT molecular complexity index is 247. The lowest BCUT2D eigenvalue weighted by atomic mass is 10.2. The normalized spacial score (nSPS) is 28.1. The predicted molar refractivity (Wildman–Crippen MR) is 51.4 cm³/mol. The van der Waals surface area contributed by atoms with Gasteiger partial charge in [0.05, 0.1) is 18.3 Å². The van der Waals surface area contributed by atoms with Crippen molar-refractivity contribution in [1.82, 2.24) is 5.32 Å². The maximum absolute atomic E-state index is 11.2. The number of amides is 1. The first-order valence-electron chi connectivity index (χ1n) is 4.96. The second kappa shape index (κ2) is 4.97. The standard InChI is InChI=1S/C10H16N2O2/c1-7(5-11)10(13)12-6-9-4-3-8(2)14-9/h7-9H,3-4,6H2,1-2H3,(H,12,13). The molecule has 1 aliphatic heterocycles. The summed E-state index contributed by atoms with van der Waals surface area (Å²) in [6, 6.07) is 1.90. The molecule has 0 aliphatic carbocycles. The summed E-state index contributed by atoms with van der Waals surface area (Å²) in [6.07, 6.45) is 2.46. The van der Waals surface area contributed by atoms with Crippen LogP contribution in [0.4, 0.5) is 0 Å². The molecule has 0 saturated carbocycles. The van der Waals surface area contributed by atoms with E-state index in [2.05, 4.69) is 5.32 Å². The number of ether oxygens (including phenoxy) is 1. The van der Waals surface area contributed by atoms with E-state index in [0.717, 1.165) is 12.8 Å². The van der Waals surface area contributed by atoms with E-state index in [4.69, 9.17) is 10.00 Å². The van der Waals surface area contributed by atoms with Crippen LogP contribution in [-0.4, -0.2) is 24.7 Å². The Labute approximate surface area is 84.2 Å². The Kier molecular flexibility index (Phi) is 3.90. The van der Waals surface area contributed by atoms with Gasteiger partial charge in [0, 0.05) is 6.54 Å². The first kappa shape index (κ1) is 11.0. The fourth-order valence-electron chi connectivity index (χ4n) is 1.46. The van der Waals surface area contributed by atoms with Crippen molar-refractivity contribution in [1.29, 1.82) is 5.26 Å². The number of nitriles is 1. The van der Waals surface area contributed by atoms with E-state index in [1.165, 1.54) is 0 Å². The highest BCUT2D eigenvalue weighted by atomic mass is 16.5. The summed E-state index contributed by atoms with van der Waals surface area (Å²) in [5.41, 5.74) is 0. The molecule has 0 aromatic carbocycles. The monoisotopic (exact) mass is 196 g/mol. The molecule has 4 nitrogen and oxygen atoms in total. The Balaban J connectivity index is 2.21. The predicted octanol–water partition coefficient (Wildman–Crippen LogP) is 0.830. The molecule has 1 heterocycles. The minimum atomic E-state index is -0.575. The van der Waals surface area contributed by atoms with E-state index in [-0.39, 0.29) is 12.0 Å². The van der Waals surface area contributed by atoms with Gasteiger partial charge in [-0.1, -0.05) is 0 Å². The van der Waals surface area contributed by atoms with Gasteiger partial charge in [-0.15, -0.1) is 0 Å². The van der Waals surface area contributed by atoms with Gasteiger partial charge in [-0.25, -0.2) is 0 Å². The van der Waals surface area contributed by atoms with Crippen LogP contribution in [0.3, 0.4) is 0 Å². The van der Waals surface area contributed by atoms with Gasteiger partial charge in [0.15, 0.2) is 0 Å². The molecule has 0 radical (unpaired) electrons. The zero-order valence-corrected chi connectivity index (χ0v) is 8.62. The van der Waals surface area contributed by atoms with Crippen molar-refractivity contribution in [3.8, 4) is 6.07 Å². The summed E-state index contributed by atoms with van der Waals surface area (Å²) in [7, 11) is 0. The lowest BCUT2D eigenvalue weighted by Crippen LogP contribution is -2.35. The van der Waals surface area contributed by atoms with Crippen LogP contribution < -0.4 is 5.32 Å². The molecule has 14 heavy (non-hydrogen) atoms. The fraction of sp³-hybridized carbons (Fsp3) is 0.800. The van der Waals surface area contributed by atoms with Gasteiger partial charge in [-0.05, 0) is 26.7 Å². The summed E-state index contributed by atoms with van der Waals surface area (Å²) in [6.45, 7) is 4.14. The SMILES string of the molecule is CC1CCC(CNC(=O)C(C)C#N)O1. The number of hydrogen-bond acceptors (Lipinski definition) is 3. The molecule has 4 heteroatoms. The van der Waals surface area contributed by atoms with Gasteiger partial charge in [-0.3, -0.25) is 4.79 Å². The molecule has 3 unspecified atom stereocenters. The highest BCUT2D eigenvalue weighted by Crippen LogP contribution is 2.18. The van der Waals surface area contributed by atoms with Crippen LogP contribution in [0.15, 0.2) is 0 Å². The highest BCUT2D eigenvalue weighted by molar-refractivity contribution is 5.80. The largest absolute Gasteiger partial charge is 0.373 e. The maximum Gasteiger partial charge on any atom is 0.237 e. The van der Waals surface area contributed by atoms with E-state index in [1.54, 1.807) is 6.92 Å². The third-order valence-corrected chi connectivity index (χ3v) is 2.41. The summed E-state index contributed by atoms with van der Waals surface area (Å²) < 4.78 is 5.53. The van der Waals surface area contributed by atoms with E-state index in [1.807, 2.05) is 13.0 Å². The van der Waals surface area contributed by atoms with Crippen LogP contribution in [0.5, 0.6) is 0 Å². The lowest BCUT2D eigenvalue weighted by Gasteiger charge is -2.12. The molecule has 1 aliphatic rings. The quantitative estimate of drug-likeness (QED) is 0.727. The minimum absolute atomic E-state index is 0.125. The third kappa shape index (κ3) is 3.00. The van der Waals surface area contributed by atoms with Crippen molar-refractivity contribution in [2.24, 2.45) is 5.92 Å². The van der Waals surface area contributed by atoms with Crippen LogP contribution in [0.1, 0.15) is 26.7 Å². The average molecular weight is 196 g/mol. The second-order valence-electron chi connectivity index (χ2n) is 3.74. The van der Waals surface area contributed by atoms with Gasteiger partial charge in [-0.2, -0.15) is 5.26 Å². The smallest absolute Gasteiger partial charge is 0.237 e. The van der Waals surface area contributed by atoms with Crippen LogP contribution in [0, 0.1) is 17.2 Å². The molecular weight excluding hydrogens is 180 g/mol. The van der Waals surface area contributed by atoms with Crippen molar-refractivity contribution < 1.29 is 9.53 Å². The number of carbonyl (C=O) groups is 1. The van der Waals surface area contributed by atoms with Gasteiger partial charge >= 0.3 is 0 Å². The summed E-state index contributed by atoms with van der Waals surface area (Å²) >= 11 is 0. The fourth-order valence-corrected chi connectivity index (χ4v) is 1.46. The van der Waals surface area contributed by atoms with Crippen molar-refractivity contribution >= 4 is 5.91 Å². The Morgan fingerprint density at radius 2 is 2.43 bits per heavy atom. The van der Waals surface area contributed by atoms with Gasteiger partial charge in [0.2, 0.25) is 5.91 Å². The number of hydrogen-bond donors (Lipinski definition) is 1. The zero-order valence-electron chi connectivity index (χ0n) is 8.62. The first-order valence-corrected chi connectivity index (χ1v) is 4.96. The molecule has 78 valence electrons. The Hall–Kier alpha value is -1.08. The molecule has 1 amide bonds. The molecule has 1 fully saturated rings. The average Bonchev–Trinajstić information content (AvgIpc) is 2.59. The van der Waals surface area contributed by atoms with Crippen LogP contribution >= 0.6 is 0 Å². The van der Waals surface area contributed by atoms with Crippen molar-refractivity contribution in [3.05, 3.63) is 0 Å². The van der Waals surface area contributed by atoms with Crippen LogP contribution in [0.25, 0.3) is 0 Å². The topological polar surface area (TPSA) is 62.1 Å². The van der Waals surface area contributed by atoms with Crippen molar-refractivity contribution in [2.45, 2.75) is 38.9 Å². The molecule has 0 spiro atoms. The van der Waals surface area contributed by atoms with E-state index >= 15 is 0 Å². The molecule has 0 bridgehead atoms. The van der Waals surface area contributed by atoms with E-state index < -0.39 is 5.92 Å². The van der Waals surface area contributed by atoms with Gasteiger partial charge in [0.25, 0.3) is 0 Å².